The molecule has 0 unspecified atom stereocenters. The number of esters is 1. The highest BCUT2D eigenvalue weighted by Crippen LogP contribution is 2.30. The van der Waals surface area contributed by atoms with E-state index in [2.05, 4.69) is 58.8 Å². The van der Waals surface area contributed by atoms with Crippen molar-refractivity contribution in [1.29, 1.82) is 0 Å². The summed E-state index contributed by atoms with van der Waals surface area (Å²) in [5.41, 5.74) is 1.26. The average molecular weight is 387 g/mol. The average Bonchev–Trinajstić information content (AvgIpc) is 2.48. The third kappa shape index (κ3) is 4.11. The van der Waals surface area contributed by atoms with E-state index < -0.39 is 0 Å². The van der Waals surface area contributed by atoms with Gasteiger partial charge in [0.2, 0.25) is 0 Å². The van der Waals surface area contributed by atoms with Crippen LogP contribution in [0.4, 0.5) is 5.69 Å². The molecule has 4 heteroatoms. The number of hydrogen-bond acceptors (Lipinski definition) is 3. The molecule has 1 fully saturated rings. The minimum Gasteiger partial charge on any atom is -0.469 e. The molecule has 0 N–H and O–H groups in total. The molecule has 3 nitrogen and oxygen atoms in total. The molecule has 2 rings (SSSR count). The molecule has 1 aromatic rings. The second-order valence-electron chi connectivity index (χ2n) is 5.60. The van der Waals surface area contributed by atoms with Gasteiger partial charge in [-0.1, -0.05) is 0 Å². The number of halogens is 1. The maximum atomic E-state index is 11.5. The van der Waals surface area contributed by atoms with Gasteiger partial charge in [-0.15, -0.1) is 0 Å². The molecule has 0 bridgehead atoms. The lowest BCUT2D eigenvalue weighted by molar-refractivity contribution is -0.146. The summed E-state index contributed by atoms with van der Waals surface area (Å²) in [5, 5.41) is 0. The molecule has 1 aromatic carbocycles. The molecule has 1 saturated carbocycles. The van der Waals surface area contributed by atoms with Crippen LogP contribution in [0.5, 0.6) is 0 Å². The fraction of sp³-hybridized carbons (Fsp3) is 0.562. The fourth-order valence-corrected chi connectivity index (χ4v) is 3.30. The highest BCUT2D eigenvalue weighted by Gasteiger charge is 2.27. The Kier molecular flexibility index (Phi) is 5.69. The summed E-state index contributed by atoms with van der Waals surface area (Å²) in [5.74, 6) is 0.773. The van der Waals surface area contributed by atoms with Crippen LogP contribution in [0.2, 0.25) is 0 Å². The van der Waals surface area contributed by atoms with E-state index in [0.29, 0.717) is 5.92 Å². The van der Waals surface area contributed by atoms with Gasteiger partial charge in [-0.3, -0.25) is 4.79 Å². The molecule has 0 spiro atoms. The normalized spacial score (nSPS) is 22.4. The first-order chi connectivity index (χ1) is 9.60. The van der Waals surface area contributed by atoms with Crippen molar-refractivity contribution in [2.75, 3.05) is 25.6 Å². The number of benzene rings is 1. The van der Waals surface area contributed by atoms with Crippen LogP contribution in [0.1, 0.15) is 25.7 Å². The first kappa shape index (κ1) is 15.6. The monoisotopic (exact) mass is 387 g/mol. The van der Waals surface area contributed by atoms with Gasteiger partial charge in [0.15, 0.2) is 0 Å². The Balaban J connectivity index is 1.83. The Morgan fingerprint density at radius 1 is 1.25 bits per heavy atom. The molecular weight excluding hydrogens is 365 g/mol. The van der Waals surface area contributed by atoms with Crippen molar-refractivity contribution >= 4 is 34.2 Å². The van der Waals surface area contributed by atoms with Crippen molar-refractivity contribution in [3.8, 4) is 0 Å². The highest BCUT2D eigenvalue weighted by atomic mass is 127. The summed E-state index contributed by atoms with van der Waals surface area (Å²) in [7, 11) is 3.63. The van der Waals surface area contributed by atoms with Gasteiger partial charge >= 0.3 is 5.97 Å². The van der Waals surface area contributed by atoms with Crippen LogP contribution in [0.25, 0.3) is 0 Å². The second kappa shape index (κ2) is 7.29. The molecule has 0 atom stereocenters. The molecule has 0 radical (unpaired) electrons. The van der Waals surface area contributed by atoms with E-state index >= 15 is 0 Å². The third-order valence-corrected chi connectivity index (χ3v) is 4.90. The molecule has 0 aromatic heterocycles. The van der Waals surface area contributed by atoms with Gasteiger partial charge in [-0.2, -0.15) is 0 Å². The number of methoxy groups -OCH3 is 1. The van der Waals surface area contributed by atoms with Gasteiger partial charge in [0.1, 0.15) is 0 Å². The minimum absolute atomic E-state index is 0.0329. The van der Waals surface area contributed by atoms with Crippen molar-refractivity contribution in [3.05, 3.63) is 27.8 Å². The summed E-state index contributed by atoms with van der Waals surface area (Å²) in [6.07, 6.45) is 4.18. The zero-order chi connectivity index (χ0) is 14.5. The number of anilines is 1. The predicted molar refractivity (Wildman–Crippen MR) is 89.9 cm³/mol. The first-order valence-corrected chi connectivity index (χ1v) is 8.22. The Bertz CT molecular complexity index is 438. The molecule has 0 heterocycles. The lowest BCUT2D eigenvalue weighted by Gasteiger charge is -2.31. The van der Waals surface area contributed by atoms with Gasteiger partial charge in [-0.05, 0) is 78.5 Å². The van der Waals surface area contributed by atoms with E-state index in [1.54, 1.807) is 0 Å². The summed E-state index contributed by atoms with van der Waals surface area (Å²) in [6.45, 7) is 1.06. The zero-order valence-electron chi connectivity index (χ0n) is 12.1. The van der Waals surface area contributed by atoms with Crippen LogP contribution in [-0.2, 0) is 9.53 Å². The zero-order valence-corrected chi connectivity index (χ0v) is 14.3. The largest absolute Gasteiger partial charge is 0.469 e. The minimum atomic E-state index is -0.0329. The summed E-state index contributed by atoms with van der Waals surface area (Å²) >= 11 is 2.32. The van der Waals surface area contributed by atoms with Crippen molar-refractivity contribution in [1.82, 2.24) is 0 Å². The van der Waals surface area contributed by atoms with Crippen LogP contribution in [0.15, 0.2) is 24.3 Å². The van der Waals surface area contributed by atoms with Crippen molar-refractivity contribution < 1.29 is 9.53 Å². The van der Waals surface area contributed by atoms with Gasteiger partial charge in [0.25, 0.3) is 0 Å². The summed E-state index contributed by atoms with van der Waals surface area (Å²) in [6, 6.07) is 8.62. The van der Waals surface area contributed by atoms with E-state index in [-0.39, 0.29) is 11.9 Å². The van der Waals surface area contributed by atoms with Crippen LogP contribution in [-0.4, -0.2) is 26.7 Å². The van der Waals surface area contributed by atoms with E-state index in [4.69, 9.17) is 4.74 Å². The number of rotatable bonds is 4. The van der Waals surface area contributed by atoms with Crippen molar-refractivity contribution in [2.45, 2.75) is 25.7 Å². The lowest BCUT2D eigenvalue weighted by Crippen LogP contribution is -2.30. The molecule has 0 amide bonds. The van der Waals surface area contributed by atoms with Crippen LogP contribution >= 0.6 is 22.6 Å². The van der Waals surface area contributed by atoms with Gasteiger partial charge < -0.3 is 9.64 Å². The van der Waals surface area contributed by atoms with Gasteiger partial charge in [0, 0.05) is 22.8 Å². The Labute approximate surface area is 134 Å². The topological polar surface area (TPSA) is 29.5 Å². The smallest absolute Gasteiger partial charge is 0.308 e. The molecule has 0 aliphatic heterocycles. The predicted octanol–water partition coefficient (Wildman–Crippen LogP) is 3.71. The fourth-order valence-electron chi connectivity index (χ4n) is 2.94. The standard InChI is InChI=1S/C16H22INO2/c1-18(15-9-7-14(17)8-10-15)11-12-3-5-13(6-4-12)16(19)20-2/h7-10,12-13H,3-6,11H2,1-2H3/t12-,13-. The second-order valence-corrected chi connectivity index (χ2v) is 6.84. The molecule has 110 valence electrons. The number of carbonyl (C=O) groups is 1. The molecule has 20 heavy (non-hydrogen) atoms. The van der Waals surface area contributed by atoms with E-state index in [1.807, 2.05) is 0 Å². The Morgan fingerprint density at radius 3 is 2.40 bits per heavy atom. The van der Waals surface area contributed by atoms with Crippen molar-refractivity contribution in [3.63, 3.8) is 0 Å². The first-order valence-electron chi connectivity index (χ1n) is 7.14. The molecule has 1 aliphatic carbocycles. The number of hydrogen-bond donors (Lipinski definition) is 0. The van der Waals surface area contributed by atoms with E-state index in [1.165, 1.54) is 16.4 Å². The molecular formula is C16H22INO2. The van der Waals surface area contributed by atoms with Crippen LogP contribution < -0.4 is 4.90 Å². The number of carbonyl (C=O) groups excluding carboxylic acids is 1. The Hall–Kier alpha value is -0.780. The van der Waals surface area contributed by atoms with E-state index in [9.17, 15) is 4.79 Å². The Morgan fingerprint density at radius 2 is 1.85 bits per heavy atom. The van der Waals surface area contributed by atoms with Crippen LogP contribution in [0.3, 0.4) is 0 Å². The van der Waals surface area contributed by atoms with Crippen molar-refractivity contribution in [2.24, 2.45) is 11.8 Å². The quantitative estimate of drug-likeness (QED) is 0.583. The molecule has 1 aliphatic rings. The maximum Gasteiger partial charge on any atom is 0.308 e. The lowest BCUT2D eigenvalue weighted by atomic mass is 9.82. The summed E-state index contributed by atoms with van der Waals surface area (Å²) < 4.78 is 6.10. The van der Waals surface area contributed by atoms with Gasteiger partial charge in [-0.25, -0.2) is 0 Å². The van der Waals surface area contributed by atoms with Gasteiger partial charge in [0.05, 0.1) is 13.0 Å². The number of ether oxygens (including phenoxy) is 1. The third-order valence-electron chi connectivity index (χ3n) is 4.18. The summed E-state index contributed by atoms with van der Waals surface area (Å²) in [4.78, 5) is 13.8. The SMILES string of the molecule is COC(=O)[C@H]1CC[C@H](CN(C)c2ccc(I)cc2)CC1. The van der Waals surface area contributed by atoms with E-state index in [0.717, 1.165) is 32.2 Å². The van der Waals surface area contributed by atoms with Crippen LogP contribution in [0, 0.1) is 15.4 Å². The molecule has 0 saturated heterocycles. The number of nitrogens with zero attached hydrogens (tertiary/aromatic N) is 1. The maximum absolute atomic E-state index is 11.5. The highest BCUT2D eigenvalue weighted by molar-refractivity contribution is 14.1.